The highest BCUT2D eigenvalue weighted by molar-refractivity contribution is 6.29. The summed E-state index contributed by atoms with van der Waals surface area (Å²) in [5.74, 6) is 3.11. The summed E-state index contributed by atoms with van der Waals surface area (Å²) in [6.07, 6.45) is 2.50. The van der Waals surface area contributed by atoms with E-state index < -0.39 is 21.0 Å². The minimum atomic E-state index is -0.591. The Morgan fingerprint density at radius 2 is 1.03 bits per heavy atom. The predicted octanol–water partition coefficient (Wildman–Crippen LogP) is 7.40. The van der Waals surface area contributed by atoms with Crippen LogP contribution in [0.5, 0.6) is 0 Å². The van der Waals surface area contributed by atoms with E-state index in [1.165, 1.54) is 30.7 Å². The van der Waals surface area contributed by atoms with Crippen molar-refractivity contribution in [2.75, 3.05) is 74.4 Å². The number of nitrogen functional groups attached to an aromatic ring is 1. The molecule has 6 fully saturated rings. The van der Waals surface area contributed by atoms with Crippen LogP contribution in [0.15, 0.2) is 54.6 Å². The van der Waals surface area contributed by atoms with Crippen LogP contribution in [-0.4, -0.2) is 152 Å². The van der Waals surface area contributed by atoms with Gasteiger partial charge in [0.25, 0.3) is 0 Å². The van der Waals surface area contributed by atoms with Crippen molar-refractivity contribution >= 4 is 59.0 Å². The van der Waals surface area contributed by atoms with Crippen molar-refractivity contribution in [2.24, 2.45) is 17.8 Å². The zero-order valence-electron chi connectivity index (χ0n) is 42.2. The molecule has 23 heteroatoms. The largest absolute Gasteiger partial charge is 0.444 e. The van der Waals surface area contributed by atoms with Crippen LogP contribution in [0.3, 0.4) is 0 Å². The van der Waals surface area contributed by atoms with Crippen molar-refractivity contribution in [1.29, 1.82) is 0 Å². The Kier molecular flexibility index (Phi) is 17.1. The molecule has 9 rings (SSSR count). The lowest BCUT2D eigenvalue weighted by molar-refractivity contribution is -0.389. The number of hydrogen-bond donors (Lipinski definition) is 2. The summed E-state index contributed by atoms with van der Waals surface area (Å²) >= 11 is 5.37. The topological polar surface area (TPSA) is 258 Å². The number of amides is 3. The van der Waals surface area contributed by atoms with Gasteiger partial charge in [0.1, 0.15) is 28.4 Å². The van der Waals surface area contributed by atoms with Crippen LogP contribution >= 0.6 is 11.6 Å². The summed E-state index contributed by atoms with van der Waals surface area (Å²) in [6, 6.07) is 15.7. The van der Waals surface area contributed by atoms with Gasteiger partial charge in [0.2, 0.25) is 11.0 Å². The van der Waals surface area contributed by atoms with Gasteiger partial charge in [-0.25, -0.2) is 19.4 Å². The zero-order valence-corrected chi connectivity index (χ0v) is 42.9. The molecule has 388 valence electrons. The van der Waals surface area contributed by atoms with Crippen molar-refractivity contribution in [1.82, 2.24) is 35.0 Å². The first-order valence-electron chi connectivity index (χ1n) is 24.0. The van der Waals surface area contributed by atoms with Gasteiger partial charge in [-0.2, -0.15) is 0 Å². The van der Waals surface area contributed by atoms with Crippen LogP contribution in [0.4, 0.5) is 43.5 Å². The number of nitrogens with one attached hydrogen (secondary N) is 1. The standard InChI is InChI=1S/C16H22N4O4.C16H24N4O2.C11H20N2O2.C5H3ClN2O2/c1-16(2,3)24-15(21)18-9-11-7-8-19(12(11)10-18)13-5-4-6-14(17-13)20(22)23;1-16(2,3)22-15(21)19-9-11-7-8-20(12(11)10-19)14-6-4-5-13(17)18-14;1-11(2,3)15-10(14)13-6-8-4-5-12-9(8)7-13;6-4-2-1-3-5(7-4)8(9)10/h4-6,11-12H,7-10H2,1-3H3;4-6,11-12H,7-10H2,1-3H3,(H2,17,18);8-9,12H,4-7H2,1-3H3;1-3H. The number of likely N-dealkylation sites (tertiary alicyclic amines) is 3. The van der Waals surface area contributed by atoms with Gasteiger partial charge in [0.05, 0.1) is 12.1 Å². The molecule has 0 aliphatic carbocycles. The average Bonchev–Trinajstić information content (AvgIpc) is 4.12. The van der Waals surface area contributed by atoms with Gasteiger partial charge in [-0.1, -0.05) is 6.07 Å². The zero-order chi connectivity index (χ0) is 52.0. The molecule has 3 N–H and O–H groups in total. The number of fused-ring (bicyclic) bond motifs is 3. The van der Waals surface area contributed by atoms with Crippen molar-refractivity contribution in [3.8, 4) is 0 Å². The summed E-state index contributed by atoms with van der Waals surface area (Å²) in [4.78, 5) is 77.9. The number of ether oxygens (including phenoxy) is 3. The van der Waals surface area contributed by atoms with Gasteiger partial charge in [-0.05, 0) is 150 Å². The molecule has 0 aromatic carbocycles. The maximum Gasteiger partial charge on any atom is 0.410 e. The number of anilines is 3. The Labute approximate surface area is 419 Å². The highest BCUT2D eigenvalue weighted by atomic mass is 35.5. The molecular weight excluding hydrogens is 940 g/mol. The van der Waals surface area contributed by atoms with E-state index in [0.717, 1.165) is 57.9 Å². The normalized spacial score (nSPS) is 23.2. The van der Waals surface area contributed by atoms with E-state index in [-0.39, 0.29) is 46.7 Å². The number of carbonyl (C=O) groups is 3. The van der Waals surface area contributed by atoms with E-state index in [4.69, 9.17) is 31.5 Å². The third kappa shape index (κ3) is 15.1. The Balaban J connectivity index is 0.000000162. The summed E-state index contributed by atoms with van der Waals surface area (Å²) in [6.45, 7) is 24.1. The second kappa shape index (κ2) is 22.4. The van der Waals surface area contributed by atoms with Gasteiger partial charge < -0.3 is 70.0 Å². The van der Waals surface area contributed by atoms with Crippen LogP contribution in [0.2, 0.25) is 5.15 Å². The number of hydrogen-bond acceptors (Lipinski definition) is 17. The van der Waals surface area contributed by atoms with E-state index in [0.29, 0.717) is 61.1 Å². The molecule has 9 heterocycles. The molecule has 6 aliphatic heterocycles. The van der Waals surface area contributed by atoms with Crippen LogP contribution < -0.4 is 20.9 Å². The second-order valence-electron chi connectivity index (χ2n) is 21.5. The number of pyridine rings is 3. The number of nitrogens with zero attached hydrogens (tertiary/aromatic N) is 10. The first kappa shape index (κ1) is 54.1. The highest BCUT2D eigenvalue weighted by Crippen LogP contribution is 2.37. The van der Waals surface area contributed by atoms with Crippen molar-refractivity contribution in [3.05, 3.63) is 80.0 Å². The molecular formula is C48H69ClN12O10. The van der Waals surface area contributed by atoms with Gasteiger partial charge in [0, 0.05) is 94.5 Å². The Bertz CT molecular complexity index is 2370. The fraction of sp³-hybridized carbons (Fsp3) is 0.625. The predicted molar refractivity (Wildman–Crippen MR) is 267 cm³/mol. The molecule has 0 saturated carbocycles. The summed E-state index contributed by atoms with van der Waals surface area (Å²) in [5.41, 5.74) is 4.43. The SMILES string of the molecule is CC(C)(C)OC(=O)N1CC2CCN(c3cccc(N)n3)C2C1.CC(C)(C)OC(=O)N1CC2CCN(c3cccc([N+](=O)[O-])n3)C2C1.CC(C)(C)OC(=O)N1CC2CCNC2C1.O=[N+]([O-])c1cccc(Cl)n1. The summed E-state index contributed by atoms with van der Waals surface area (Å²) in [5, 5.41) is 24.5. The van der Waals surface area contributed by atoms with Crippen LogP contribution in [0.25, 0.3) is 0 Å². The Morgan fingerprint density at radius 3 is 1.45 bits per heavy atom. The number of nitrogens with two attached hydrogens (primary N) is 1. The third-order valence-electron chi connectivity index (χ3n) is 12.6. The van der Waals surface area contributed by atoms with Crippen molar-refractivity contribution < 1.29 is 38.4 Å². The third-order valence-corrected chi connectivity index (χ3v) is 12.8. The second-order valence-corrected chi connectivity index (χ2v) is 21.9. The van der Waals surface area contributed by atoms with E-state index in [2.05, 4.69) is 30.1 Å². The molecule has 6 saturated heterocycles. The minimum Gasteiger partial charge on any atom is -0.444 e. The van der Waals surface area contributed by atoms with Crippen LogP contribution in [-0.2, 0) is 14.2 Å². The molecule has 3 aromatic rings. The quantitative estimate of drug-likeness (QED) is 0.112. The molecule has 0 radical (unpaired) electrons. The molecule has 3 amide bonds. The number of carbonyl (C=O) groups excluding carboxylic acids is 3. The minimum absolute atomic E-state index is 0.132. The summed E-state index contributed by atoms with van der Waals surface area (Å²) < 4.78 is 16.3. The van der Waals surface area contributed by atoms with Crippen LogP contribution in [0.1, 0.15) is 81.6 Å². The van der Waals surface area contributed by atoms with Crippen LogP contribution in [0, 0.1) is 38.0 Å². The lowest BCUT2D eigenvalue weighted by Gasteiger charge is -2.27. The molecule has 0 bridgehead atoms. The van der Waals surface area contributed by atoms with E-state index in [1.54, 1.807) is 23.1 Å². The average molecular weight is 1010 g/mol. The smallest absolute Gasteiger partial charge is 0.410 e. The fourth-order valence-corrected chi connectivity index (χ4v) is 9.70. The van der Waals surface area contributed by atoms with Gasteiger partial charge >= 0.3 is 29.9 Å². The maximum atomic E-state index is 12.3. The first-order chi connectivity index (χ1) is 33.2. The monoisotopic (exact) mass is 1010 g/mol. The number of nitro groups is 2. The van der Waals surface area contributed by atoms with E-state index in [9.17, 15) is 34.6 Å². The van der Waals surface area contributed by atoms with E-state index in [1.807, 2.05) is 84.2 Å². The first-order valence-corrected chi connectivity index (χ1v) is 24.4. The number of rotatable bonds is 4. The molecule has 3 aromatic heterocycles. The molecule has 6 unspecified atom stereocenters. The van der Waals surface area contributed by atoms with Crippen molar-refractivity contribution in [3.63, 3.8) is 0 Å². The fourth-order valence-electron chi connectivity index (χ4n) is 9.54. The summed E-state index contributed by atoms with van der Waals surface area (Å²) in [7, 11) is 0. The van der Waals surface area contributed by atoms with Crippen molar-refractivity contribution in [2.45, 2.75) is 117 Å². The molecule has 22 nitrogen and oxygen atoms in total. The molecule has 6 atom stereocenters. The van der Waals surface area contributed by atoms with Gasteiger partial charge in [-0.15, -0.1) is 0 Å². The molecule has 6 aliphatic rings. The molecule has 0 spiro atoms. The maximum absolute atomic E-state index is 12.3. The number of aromatic nitrogens is 3. The lowest BCUT2D eigenvalue weighted by Crippen LogP contribution is -2.39. The number of halogens is 1. The van der Waals surface area contributed by atoms with Gasteiger partial charge in [-0.3, -0.25) is 0 Å². The molecule has 71 heavy (non-hydrogen) atoms. The Morgan fingerprint density at radius 1 is 0.606 bits per heavy atom. The lowest BCUT2D eigenvalue weighted by atomic mass is 10.1. The Hall–Kier alpha value is -6.29. The van der Waals surface area contributed by atoms with E-state index >= 15 is 0 Å². The highest BCUT2D eigenvalue weighted by Gasteiger charge is 2.46. The van der Waals surface area contributed by atoms with Gasteiger partial charge in [0.15, 0.2) is 0 Å².